The van der Waals surface area contributed by atoms with Crippen LogP contribution in [0, 0.1) is 5.82 Å². The molecule has 0 unspecified atom stereocenters. The van der Waals surface area contributed by atoms with E-state index in [0.717, 1.165) is 12.1 Å². The Balaban J connectivity index is 3.22. The number of carboxylic acids is 1. The second-order valence-electron chi connectivity index (χ2n) is 3.37. The number of carbonyl (C=O) groups is 1. The maximum atomic E-state index is 13.4. The summed E-state index contributed by atoms with van der Waals surface area (Å²) >= 11 is 10.9. The first-order chi connectivity index (χ1) is 8.70. The van der Waals surface area contributed by atoms with Crippen molar-refractivity contribution in [2.45, 2.75) is 10.9 Å². The van der Waals surface area contributed by atoms with Crippen molar-refractivity contribution >= 4 is 39.2 Å². The lowest BCUT2D eigenvalue weighted by Crippen LogP contribution is -2.43. The van der Waals surface area contributed by atoms with E-state index in [1.54, 1.807) is 4.72 Å². The van der Waals surface area contributed by atoms with Crippen molar-refractivity contribution in [3.63, 3.8) is 0 Å². The fraction of sp³-hybridized carbons (Fsp3) is 0.222. The van der Waals surface area contributed by atoms with Gasteiger partial charge in [0.25, 0.3) is 0 Å². The van der Waals surface area contributed by atoms with Gasteiger partial charge in [0.05, 0.1) is 16.7 Å². The van der Waals surface area contributed by atoms with Crippen LogP contribution in [-0.2, 0) is 14.8 Å². The molecule has 106 valence electrons. The van der Waals surface area contributed by atoms with Crippen LogP contribution in [0.25, 0.3) is 0 Å². The third-order valence-electron chi connectivity index (χ3n) is 2.07. The summed E-state index contributed by atoms with van der Waals surface area (Å²) in [5, 5.41) is 16.2. The van der Waals surface area contributed by atoms with E-state index in [9.17, 15) is 17.6 Å². The molecular weight excluding hydrogens is 324 g/mol. The number of rotatable bonds is 5. The molecule has 1 rings (SSSR count). The lowest BCUT2D eigenvalue weighted by atomic mass is 10.3. The van der Waals surface area contributed by atoms with Crippen LogP contribution >= 0.6 is 23.2 Å². The van der Waals surface area contributed by atoms with Gasteiger partial charge in [-0.1, -0.05) is 23.2 Å². The molecular formula is C9H8Cl2FNO5S. The van der Waals surface area contributed by atoms with Gasteiger partial charge in [-0.05, 0) is 12.1 Å². The third kappa shape index (κ3) is 3.54. The highest BCUT2D eigenvalue weighted by molar-refractivity contribution is 7.89. The van der Waals surface area contributed by atoms with Crippen LogP contribution in [0.4, 0.5) is 4.39 Å². The van der Waals surface area contributed by atoms with E-state index in [1.807, 2.05) is 0 Å². The van der Waals surface area contributed by atoms with Gasteiger partial charge in [0.1, 0.15) is 10.9 Å². The summed E-state index contributed by atoms with van der Waals surface area (Å²) in [6.07, 6.45) is 0. The van der Waals surface area contributed by atoms with Crippen molar-refractivity contribution in [3.05, 3.63) is 28.0 Å². The number of hydrogen-bond donors (Lipinski definition) is 3. The summed E-state index contributed by atoms with van der Waals surface area (Å²) in [5.74, 6) is -2.72. The molecule has 0 heterocycles. The summed E-state index contributed by atoms with van der Waals surface area (Å²) < 4.78 is 38.7. The van der Waals surface area contributed by atoms with E-state index in [4.69, 9.17) is 33.4 Å². The van der Waals surface area contributed by atoms with Gasteiger partial charge in [0, 0.05) is 0 Å². The average Bonchev–Trinajstić information content (AvgIpc) is 2.32. The third-order valence-corrected chi connectivity index (χ3v) is 4.35. The second kappa shape index (κ2) is 6.02. The Kier molecular flexibility index (Phi) is 5.11. The molecule has 0 saturated carbocycles. The van der Waals surface area contributed by atoms with Crippen molar-refractivity contribution in [1.82, 2.24) is 4.72 Å². The van der Waals surface area contributed by atoms with Crippen LogP contribution in [0.15, 0.2) is 17.0 Å². The zero-order valence-electron chi connectivity index (χ0n) is 9.10. The maximum Gasteiger partial charge on any atom is 0.324 e. The monoisotopic (exact) mass is 331 g/mol. The van der Waals surface area contributed by atoms with Crippen molar-refractivity contribution in [3.8, 4) is 0 Å². The van der Waals surface area contributed by atoms with E-state index in [2.05, 4.69) is 0 Å². The maximum absolute atomic E-state index is 13.4. The topological polar surface area (TPSA) is 104 Å². The van der Waals surface area contributed by atoms with Gasteiger partial charge in [-0.15, -0.1) is 0 Å². The number of aliphatic carboxylic acids is 1. The van der Waals surface area contributed by atoms with Gasteiger partial charge in [-0.2, -0.15) is 4.72 Å². The van der Waals surface area contributed by atoms with Gasteiger partial charge in [0.15, 0.2) is 5.82 Å². The molecule has 0 saturated heterocycles. The van der Waals surface area contributed by atoms with E-state index in [0.29, 0.717) is 0 Å². The molecule has 0 radical (unpaired) electrons. The standard InChI is InChI=1S/C9H8Cl2FNO5S/c10-4-1-2-6(7(11)8(4)12)19(17,18)13-5(3-14)9(15)16/h1-2,5,13-14H,3H2,(H,15,16)/t5-/m0/s1. The fourth-order valence-corrected chi connectivity index (χ4v) is 3.06. The van der Waals surface area contributed by atoms with Crippen molar-refractivity contribution < 1.29 is 27.8 Å². The first kappa shape index (κ1) is 16.1. The van der Waals surface area contributed by atoms with Crippen LogP contribution in [0.5, 0.6) is 0 Å². The number of sulfonamides is 1. The zero-order valence-corrected chi connectivity index (χ0v) is 11.4. The minimum Gasteiger partial charge on any atom is -0.480 e. The highest BCUT2D eigenvalue weighted by Crippen LogP contribution is 2.29. The van der Waals surface area contributed by atoms with Gasteiger partial charge in [-0.3, -0.25) is 4.79 Å². The number of benzene rings is 1. The number of halogens is 3. The molecule has 0 aliphatic rings. The Morgan fingerprint density at radius 1 is 1.42 bits per heavy atom. The Labute approximate surface area is 117 Å². The highest BCUT2D eigenvalue weighted by Gasteiger charge is 2.28. The SMILES string of the molecule is O=C(O)[C@H](CO)NS(=O)(=O)c1ccc(Cl)c(F)c1Cl. The zero-order chi connectivity index (χ0) is 14.8. The molecule has 0 amide bonds. The van der Waals surface area contributed by atoms with Crippen molar-refractivity contribution in [2.75, 3.05) is 6.61 Å². The lowest BCUT2D eigenvalue weighted by Gasteiger charge is -2.13. The molecule has 19 heavy (non-hydrogen) atoms. The minimum atomic E-state index is -4.41. The summed E-state index contributed by atoms with van der Waals surface area (Å²) in [6.45, 7) is -0.970. The van der Waals surface area contributed by atoms with Gasteiger partial charge < -0.3 is 10.2 Å². The molecule has 0 aliphatic heterocycles. The number of aliphatic hydroxyl groups excluding tert-OH is 1. The van der Waals surface area contributed by atoms with Gasteiger partial charge in [0.2, 0.25) is 10.0 Å². The quantitative estimate of drug-likeness (QED) is 0.694. The smallest absolute Gasteiger partial charge is 0.324 e. The predicted octanol–water partition coefficient (Wildman–Crippen LogP) is 0.856. The van der Waals surface area contributed by atoms with Crippen LogP contribution < -0.4 is 4.72 Å². The summed E-state index contributed by atoms with van der Waals surface area (Å²) in [4.78, 5) is 9.96. The molecule has 0 aromatic heterocycles. The van der Waals surface area contributed by atoms with Crippen molar-refractivity contribution in [2.24, 2.45) is 0 Å². The number of aliphatic hydroxyl groups is 1. The predicted molar refractivity (Wildman–Crippen MR) is 65.3 cm³/mol. The molecule has 0 spiro atoms. The van der Waals surface area contributed by atoms with E-state index < -0.39 is 44.4 Å². The Morgan fingerprint density at radius 2 is 2.00 bits per heavy atom. The fourth-order valence-electron chi connectivity index (χ4n) is 1.13. The molecule has 3 N–H and O–H groups in total. The average molecular weight is 332 g/mol. The molecule has 6 nitrogen and oxygen atoms in total. The number of hydrogen-bond acceptors (Lipinski definition) is 4. The normalized spacial score (nSPS) is 13.3. The van der Waals surface area contributed by atoms with Crippen LogP contribution in [0.2, 0.25) is 10.0 Å². The lowest BCUT2D eigenvalue weighted by molar-refractivity contribution is -0.139. The molecule has 0 aliphatic carbocycles. The van der Waals surface area contributed by atoms with Crippen LogP contribution in [0.3, 0.4) is 0 Å². The molecule has 10 heteroatoms. The van der Waals surface area contributed by atoms with E-state index >= 15 is 0 Å². The first-order valence-electron chi connectivity index (χ1n) is 4.70. The van der Waals surface area contributed by atoms with E-state index in [1.165, 1.54) is 0 Å². The Bertz CT molecular complexity index is 607. The van der Waals surface area contributed by atoms with E-state index in [-0.39, 0.29) is 5.02 Å². The van der Waals surface area contributed by atoms with Gasteiger partial charge >= 0.3 is 5.97 Å². The Hall–Kier alpha value is -0.930. The molecule has 1 aromatic rings. The second-order valence-corrected chi connectivity index (χ2v) is 5.84. The number of nitrogens with one attached hydrogen (secondary N) is 1. The van der Waals surface area contributed by atoms with Crippen molar-refractivity contribution in [1.29, 1.82) is 0 Å². The Morgan fingerprint density at radius 3 is 2.47 bits per heavy atom. The summed E-state index contributed by atoms with van der Waals surface area (Å²) in [6, 6.07) is 0.123. The molecule has 1 atom stereocenters. The minimum absolute atomic E-state index is 0.374. The number of carboxylic acid groups (broad SMARTS) is 1. The highest BCUT2D eigenvalue weighted by atomic mass is 35.5. The molecule has 1 aromatic carbocycles. The largest absolute Gasteiger partial charge is 0.480 e. The summed E-state index contributed by atoms with van der Waals surface area (Å²) in [7, 11) is -4.41. The summed E-state index contributed by atoms with van der Waals surface area (Å²) in [5.41, 5.74) is 0. The molecule has 0 bridgehead atoms. The van der Waals surface area contributed by atoms with Crippen LogP contribution in [0.1, 0.15) is 0 Å². The van der Waals surface area contributed by atoms with Crippen LogP contribution in [-0.4, -0.2) is 37.2 Å². The van der Waals surface area contributed by atoms with Gasteiger partial charge in [-0.25, -0.2) is 12.8 Å². The first-order valence-corrected chi connectivity index (χ1v) is 6.94. The molecule has 0 fully saturated rings.